The quantitative estimate of drug-likeness (QED) is 0.396. The predicted octanol–water partition coefficient (Wildman–Crippen LogP) is 5.77. The molecule has 0 amide bonds. The second-order valence-electron chi connectivity index (χ2n) is 9.41. The first-order valence-corrected chi connectivity index (χ1v) is 11.2. The van der Waals surface area contributed by atoms with Crippen molar-refractivity contribution in [1.82, 2.24) is 19.9 Å². The second-order valence-corrected chi connectivity index (χ2v) is 9.41. The molecule has 0 spiro atoms. The van der Waals surface area contributed by atoms with Gasteiger partial charge in [0.05, 0.1) is 17.6 Å². The van der Waals surface area contributed by atoms with Crippen LogP contribution in [0, 0.1) is 0 Å². The van der Waals surface area contributed by atoms with Crippen molar-refractivity contribution in [2.24, 2.45) is 0 Å². The molecule has 0 saturated heterocycles. The molecule has 0 unspecified atom stereocenters. The van der Waals surface area contributed by atoms with Crippen LogP contribution < -0.4 is 9.80 Å². The van der Waals surface area contributed by atoms with Crippen LogP contribution in [0.25, 0.3) is 0 Å². The van der Waals surface area contributed by atoms with E-state index in [1.165, 1.54) is 0 Å². The largest absolute Gasteiger partial charge is 0.305 e. The third kappa shape index (κ3) is 3.52. The highest BCUT2D eigenvalue weighted by atomic mass is 15.4. The Morgan fingerprint density at radius 2 is 1.21 bits per heavy atom. The molecule has 4 aromatic rings. The van der Waals surface area contributed by atoms with Crippen LogP contribution in [-0.4, -0.2) is 26.6 Å². The number of hydrogen-bond acceptors (Lipinski definition) is 6. The van der Waals surface area contributed by atoms with Crippen LogP contribution in [0.3, 0.4) is 0 Å². The van der Waals surface area contributed by atoms with Crippen molar-refractivity contribution in [1.29, 1.82) is 0 Å². The van der Waals surface area contributed by atoms with Crippen molar-refractivity contribution in [3.8, 4) is 0 Å². The first-order valence-electron chi connectivity index (χ1n) is 11.2. The Bertz CT molecular complexity index is 1240. The van der Waals surface area contributed by atoms with E-state index in [1.807, 2.05) is 24.5 Å². The van der Waals surface area contributed by atoms with Crippen LogP contribution in [0.4, 0.5) is 23.0 Å². The lowest BCUT2D eigenvalue weighted by Crippen LogP contribution is -2.42. The topological polar surface area (TPSA) is 58.0 Å². The molecule has 166 valence electrons. The minimum Gasteiger partial charge on any atom is -0.305 e. The molecule has 2 aromatic heterocycles. The minimum atomic E-state index is -0.340. The second kappa shape index (κ2) is 7.96. The molecule has 5 rings (SSSR count). The molecule has 33 heavy (non-hydrogen) atoms. The van der Waals surface area contributed by atoms with Crippen molar-refractivity contribution in [3.63, 3.8) is 0 Å². The van der Waals surface area contributed by atoms with Crippen molar-refractivity contribution >= 4 is 23.0 Å². The first-order chi connectivity index (χ1) is 15.9. The van der Waals surface area contributed by atoms with Gasteiger partial charge in [-0.3, -0.25) is 9.97 Å². The summed E-state index contributed by atoms with van der Waals surface area (Å²) in [4.78, 5) is 23.5. The number of anilines is 4. The van der Waals surface area contributed by atoms with Gasteiger partial charge >= 0.3 is 0 Å². The van der Waals surface area contributed by atoms with Gasteiger partial charge in [-0.05, 0) is 24.3 Å². The molecule has 0 atom stereocenters. The number of para-hydroxylation sites is 2. The number of aromatic nitrogens is 4. The summed E-state index contributed by atoms with van der Waals surface area (Å²) in [5.41, 5.74) is 3.40. The monoisotopic (exact) mass is 436 g/mol. The van der Waals surface area contributed by atoms with Crippen LogP contribution >= 0.6 is 0 Å². The maximum absolute atomic E-state index is 5.22. The summed E-state index contributed by atoms with van der Waals surface area (Å²) in [6, 6.07) is 20.7. The van der Waals surface area contributed by atoms with Crippen LogP contribution in [-0.2, 0) is 10.8 Å². The SMILES string of the molecule is CC(C)(c1cnccn1)C(C)(C)c1cnc2c(n1)N(c1ccccc1)CN2c1ccccc1. The Hall–Kier alpha value is -3.80. The minimum absolute atomic E-state index is 0.306. The summed E-state index contributed by atoms with van der Waals surface area (Å²) in [6.07, 6.45) is 7.21. The summed E-state index contributed by atoms with van der Waals surface area (Å²) in [5.74, 6) is 1.73. The third-order valence-electron chi connectivity index (χ3n) is 7.07. The van der Waals surface area contributed by atoms with E-state index in [4.69, 9.17) is 9.97 Å². The van der Waals surface area contributed by atoms with Gasteiger partial charge in [-0.15, -0.1) is 0 Å². The molecule has 0 bridgehead atoms. The molecular weight excluding hydrogens is 408 g/mol. The lowest BCUT2D eigenvalue weighted by molar-refractivity contribution is 0.287. The number of nitrogens with zero attached hydrogens (tertiary/aromatic N) is 6. The molecular formula is C27H28N6. The number of rotatable bonds is 5. The van der Waals surface area contributed by atoms with Crippen LogP contribution in [0.2, 0.25) is 0 Å². The zero-order valence-corrected chi connectivity index (χ0v) is 19.5. The predicted molar refractivity (Wildman–Crippen MR) is 132 cm³/mol. The maximum atomic E-state index is 5.22. The molecule has 2 aromatic carbocycles. The third-order valence-corrected chi connectivity index (χ3v) is 7.07. The van der Waals surface area contributed by atoms with E-state index in [9.17, 15) is 0 Å². The van der Waals surface area contributed by atoms with Crippen molar-refractivity contribution in [2.75, 3.05) is 16.5 Å². The Kier molecular flexibility index (Phi) is 5.08. The number of benzene rings is 2. The van der Waals surface area contributed by atoms with E-state index in [-0.39, 0.29) is 10.8 Å². The average molecular weight is 437 g/mol. The summed E-state index contributed by atoms with van der Waals surface area (Å²) in [6.45, 7) is 9.44. The van der Waals surface area contributed by atoms with Crippen LogP contribution in [0.1, 0.15) is 39.1 Å². The lowest BCUT2D eigenvalue weighted by Gasteiger charge is -2.40. The van der Waals surface area contributed by atoms with Gasteiger partial charge in [0.2, 0.25) is 0 Å². The Labute approximate surface area is 195 Å². The molecule has 1 aliphatic heterocycles. The molecule has 0 fully saturated rings. The molecule has 1 aliphatic rings. The summed E-state index contributed by atoms with van der Waals surface area (Å²) in [5, 5.41) is 0. The highest BCUT2D eigenvalue weighted by molar-refractivity contribution is 5.81. The van der Waals surface area contributed by atoms with E-state index in [1.54, 1.807) is 12.4 Å². The van der Waals surface area contributed by atoms with E-state index in [0.29, 0.717) is 6.67 Å². The molecule has 6 nitrogen and oxygen atoms in total. The smallest absolute Gasteiger partial charge is 0.178 e. The summed E-state index contributed by atoms with van der Waals surface area (Å²) in [7, 11) is 0. The fourth-order valence-electron chi connectivity index (χ4n) is 4.21. The van der Waals surface area contributed by atoms with Crippen molar-refractivity contribution in [2.45, 2.75) is 38.5 Å². The van der Waals surface area contributed by atoms with Gasteiger partial charge in [0.1, 0.15) is 6.67 Å². The zero-order valence-electron chi connectivity index (χ0n) is 19.5. The van der Waals surface area contributed by atoms with Gasteiger partial charge in [-0.25, -0.2) is 9.97 Å². The lowest BCUT2D eigenvalue weighted by atomic mass is 9.64. The molecule has 0 N–H and O–H groups in total. The average Bonchev–Trinajstić information content (AvgIpc) is 3.24. The maximum Gasteiger partial charge on any atom is 0.178 e. The van der Waals surface area contributed by atoms with Gasteiger partial charge in [-0.2, -0.15) is 0 Å². The molecule has 3 heterocycles. The van der Waals surface area contributed by atoms with Gasteiger partial charge in [0, 0.05) is 40.8 Å². The number of hydrogen-bond donors (Lipinski definition) is 0. The fourth-order valence-corrected chi connectivity index (χ4v) is 4.21. The first kappa shape index (κ1) is 21.1. The summed E-state index contributed by atoms with van der Waals surface area (Å²) < 4.78 is 0. The Morgan fingerprint density at radius 1 is 0.636 bits per heavy atom. The summed E-state index contributed by atoms with van der Waals surface area (Å²) >= 11 is 0. The van der Waals surface area contributed by atoms with E-state index in [2.05, 4.69) is 96.0 Å². The van der Waals surface area contributed by atoms with Crippen molar-refractivity contribution in [3.05, 3.63) is 96.8 Å². The van der Waals surface area contributed by atoms with Crippen molar-refractivity contribution < 1.29 is 0 Å². The molecule has 0 aliphatic carbocycles. The zero-order chi connectivity index (χ0) is 23.1. The molecule has 6 heteroatoms. The van der Waals surface area contributed by atoms with Crippen LogP contribution in [0.5, 0.6) is 0 Å². The fraction of sp³-hybridized carbons (Fsp3) is 0.259. The highest BCUT2D eigenvalue weighted by Gasteiger charge is 2.43. The Morgan fingerprint density at radius 3 is 1.79 bits per heavy atom. The van der Waals surface area contributed by atoms with Gasteiger partial charge in [0.25, 0.3) is 0 Å². The van der Waals surface area contributed by atoms with E-state index < -0.39 is 0 Å². The standard InChI is InChI=1S/C27H28N6/c1-26(2,22-17-28-15-16-29-22)27(3,4)23-18-30-24-25(31-23)33(21-13-9-6-10-14-21)19-32(24)20-11-7-5-8-12-20/h5-18H,19H2,1-4H3. The highest BCUT2D eigenvalue weighted by Crippen LogP contribution is 2.46. The van der Waals surface area contributed by atoms with E-state index in [0.717, 1.165) is 34.4 Å². The van der Waals surface area contributed by atoms with E-state index >= 15 is 0 Å². The number of fused-ring (bicyclic) bond motifs is 1. The Balaban J connectivity index is 1.62. The molecule has 0 saturated carbocycles. The van der Waals surface area contributed by atoms with Gasteiger partial charge in [-0.1, -0.05) is 64.1 Å². The molecule has 0 radical (unpaired) electrons. The normalized spacial score (nSPS) is 13.8. The van der Waals surface area contributed by atoms with Crippen LogP contribution in [0.15, 0.2) is 85.5 Å². The van der Waals surface area contributed by atoms with Gasteiger partial charge < -0.3 is 9.80 Å². The van der Waals surface area contributed by atoms with Gasteiger partial charge in [0.15, 0.2) is 11.6 Å².